The van der Waals surface area contributed by atoms with Crippen LogP contribution in [0.15, 0.2) is 24.5 Å². The maximum atomic E-state index is 5.89. The summed E-state index contributed by atoms with van der Waals surface area (Å²) in [7, 11) is 2.20. The summed E-state index contributed by atoms with van der Waals surface area (Å²) in [5, 5.41) is 0. The van der Waals surface area contributed by atoms with Crippen molar-refractivity contribution in [1.82, 2.24) is 9.88 Å². The maximum Gasteiger partial charge on any atom is 0.0312 e. The number of rotatable bonds is 5. The second-order valence-corrected chi connectivity index (χ2v) is 5.60. The molecule has 1 saturated carbocycles. The third-order valence-electron chi connectivity index (χ3n) is 4.09. The first-order chi connectivity index (χ1) is 8.79. The molecule has 1 aromatic rings. The third kappa shape index (κ3) is 3.79. The van der Waals surface area contributed by atoms with Crippen LogP contribution in [0.4, 0.5) is 0 Å². The van der Waals surface area contributed by atoms with Crippen molar-refractivity contribution < 1.29 is 0 Å². The monoisotopic (exact) mass is 247 g/mol. The second-order valence-electron chi connectivity index (χ2n) is 5.60. The molecule has 0 bridgehead atoms. The molecule has 1 aliphatic carbocycles. The normalized spacial score (nSPS) is 24.4. The van der Waals surface area contributed by atoms with Crippen molar-refractivity contribution in [3.63, 3.8) is 0 Å². The molecule has 3 nitrogen and oxygen atoms in total. The molecule has 2 atom stereocenters. The molecule has 1 aromatic heterocycles. The van der Waals surface area contributed by atoms with Gasteiger partial charge in [0, 0.05) is 25.5 Å². The van der Waals surface area contributed by atoms with Gasteiger partial charge in [0.15, 0.2) is 0 Å². The Balaban J connectivity index is 1.84. The highest BCUT2D eigenvalue weighted by atomic mass is 15.1. The maximum absolute atomic E-state index is 5.89. The van der Waals surface area contributed by atoms with Crippen LogP contribution in [0.2, 0.25) is 0 Å². The molecule has 2 unspecified atom stereocenters. The van der Waals surface area contributed by atoms with Crippen molar-refractivity contribution in [2.24, 2.45) is 17.6 Å². The number of hydrogen-bond acceptors (Lipinski definition) is 3. The van der Waals surface area contributed by atoms with Gasteiger partial charge in [0.2, 0.25) is 0 Å². The minimum atomic E-state index is 0.732. The number of aromatic nitrogens is 1. The zero-order valence-electron chi connectivity index (χ0n) is 11.4. The van der Waals surface area contributed by atoms with Crippen LogP contribution >= 0.6 is 0 Å². The zero-order chi connectivity index (χ0) is 12.8. The fraction of sp³-hybridized carbons (Fsp3) is 0.667. The Labute approximate surface area is 110 Å². The van der Waals surface area contributed by atoms with Gasteiger partial charge in [-0.1, -0.05) is 18.9 Å². The van der Waals surface area contributed by atoms with E-state index in [9.17, 15) is 0 Å². The third-order valence-corrected chi connectivity index (χ3v) is 4.09. The van der Waals surface area contributed by atoms with E-state index in [4.69, 9.17) is 5.73 Å². The number of nitrogens with two attached hydrogens (primary N) is 1. The van der Waals surface area contributed by atoms with E-state index in [2.05, 4.69) is 23.0 Å². The first-order valence-electron chi connectivity index (χ1n) is 7.07. The van der Waals surface area contributed by atoms with Crippen LogP contribution in [-0.2, 0) is 6.54 Å². The van der Waals surface area contributed by atoms with Crippen LogP contribution < -0.4 is 5.73 Å². The predicted molar refractivity (Wildman–Crippen MR) is 75.1 cm³/mol. The van der Waals surface area contributed by atoms with Gasteiger partial charge in [-0.25, -0.2) is 0 Å². The Hall–Kier alpha value is -0.930. The van der Waals surface area contributed by atoms with Crippen LogP contribution in [0.5, 0.6) is 0 Å². The second kappa shape index (κ2) is 6.86. The molecule has 3 heteroatoms. The van der Waals surface area contributed by atoms with Crippen LogP contribution in [0.25, 0.3) is 0 Å². The molecular weight excluding hydrogens is 222 g/mol. The van der Waals surface area contributed by atoms with Gasteiger partial charge in [0.1, 0.15) is 0 Å². The molecule has 1 fully saturated rings. The SMILES string of the molecule is CN(Cc1cccnc1)CC1CCCCC1CN. The summed E-state index contributed by atoms with van der Waals surface area (Å²) in [4.78, 5) is 6.58. The fourth-order valence-electron chi connectivity index (χ4n) is 3.10. The van der Waals surface area contributed by atoms with Crippen molar-refractivity contribution >= 4 is 0 Å². The minimum absolute atomic E-state index is 0.732. The minimum Gasteiger partial charge on any atom is -0.330 e. The van der Waals surface area contributed by atoms with E-state index in [-0.39, 0.29) is 0 Å². The van der Waals surface area contributed by atoms with Gasteiger partial charge in [0.25, 0.3) is 0 Å². The molecule has 0 saturated heterocycles. The van der Waals surface area contributed by atoms with Crippen LogP contribution in [0.1, 0.15) is 31.2 Å². The summed E-state index contributed by atoms with van der Waals surface area (Å²) < 4.78 is 0. The van der Waals surface area contributed by atoms with Crippen molar-refractivity contribution in [2.75, 3.05) is 20.1 Å². The summed E-state index contributed by atoms with van der Waals surface area (Å²) in [6.07, 6.45) is 9.20. The highest BCUT2D eigenvalue weighted by molar-refractivity contribution is 5.07. The molecular formula is C15H25N3. The summed E-state index contributed by atoms with van der Waals surface area (Å²) in [5.74, 6) is 1.51. The molecule has 1 heterocycles. The van der Waals surface area contributed by atoms with Gasteiger partial charge < -0.3 is 10.6 Å². The van der Waals surface area contributed by atoms with E-state index in [0.717, 1.165) is 31.5 Å². The zero-order valence-corrected chi connectivity index (χ0v) is 11.4. The Morgan fingerprint density at radius 3 is 2.78 bits per heavy atom. The van der Waals surface area contributed by atoms with Crippen LogP contribution in [-0.4, -0.2) is 30.0 Å². The number of pyridine rings is 1. The summed E-state index contributed by atoms with van der Waals surface area (Å²) >= 11 is 0. The first-order valence-corrected chi connectivity index (χ1v) is 7.07. The molecule has 0 aromatic carbocycles. The van der Waals surface area contributed by atoms with Crippen molar-refractivity contribution in [2.45, 2.75) is 32.2 Å². The van der Waals surface area contributed by atoms with Gasteiger partial charge >= 0.3 is 0 Å². The van der Waals surface area contributed by atoms with Gasteiger partial charge in [-0.2, -0.15) is 0 Å². The highest BCUT2D eigenvalue weighted by Gasteiger charge is 2.24. The van der Waals surface area contributed by atoms with Crippen LogP contribution in [0.3, 0.4) is 0 Å². The number of nitrogens with zero attached hydrogens (tertiary/aromatic N) is 2. The lowest BCUT2D eigenvalue weighted by molar-refractivity contribution is 0.170. The van der Waals surface area contributed by atoms with Gasteiger partial charge in [0.05, 0.1) is 0 Å². The van der Waals surface area contributed by atoms with E-state index in [1.807, 2.05) is 18.5 Å². The lowest BCUT2D eigenvalue weighted by atomic mass is 9.79. The van der Waals surface area contributed by atoms with E-state index >= 15 is 0 Å². The molecule has 18 heavy (non-hydrogen) atoms. The van der Waals surface area contributed by atoms with Crippen molar-refractivity contribution in [3.05, 3.63) is 30.1 Å². The van der Waals surface area contributed by atoms with E-state index in [1.54, 1.807) is 0 Å². The predicted octanol–water partition coefficient (Wildman–Crippen LogP) is 2.28. The summed E-state index contributed by atoms with van der Waals surface area (Å²) in [6.45, 7) is 3.00. The highest BCUT2D eigenvalue weighted by Crippen LogP contribution is 2.29. The molecule has 100 valence electrons. The fourth-order valence-corrected chi connectivity index (χ4v) is 3.10. The topological polar surface area (TPSA) is 42.2 Å². The molecule has 0 aliphatic heterocycles. The molecule has 0 spiro atoms. The van der Waals surface area contributed by atoms with Crippen molar-refractivity contribution in [1.29, 1.82) is 0 Å². The van der Waals surface area contributed by atoms with E-state index in [0.29, 0.717) is 0 Å². The average Bonchev–Trinajstić information content (AvgIpc) is 2.40. The Morgan fingerprint density at radius 1 is 1.33 bits per heavy atom. The van der Waals surface area contributed by atoms with Gasteiger partial charge in [-0.3, -0.25) is 4.98 Å². The Bertz CT molecular complexity index is 339. The molecule has 0 radical (unpaired) electrons. The molecule has 0 amide bonds. The molecule has 2 N–H and O–H groups in total. The quantitative estimate of drug-likeness (QED) is 0.868. The smallest absolute Gasteiger partial charge is 0.0312 e. The Morgan fingerprint density at radius 2 is 2.11 bits per heavy atom. The largest absolute Gasteiger partial charge is 0.330 e. The summed E-state index contributed by atoms with van der Waals surface area (Å²) in [6, 6.07) is 4.15. The van der Waals surface area contributed by atoms with Gasteiger partial charge in [-0.15, -0.1) is 0 Å². The Kier molecular flexibility index (Phi) is 5.14. The number of hydrogen-bond donors (Lipinski definition) is 1. The molecule has 2 rings (SSSR count). The standard InChI is InChI=1S/C15H25N3/c1-18(11-13-5-4-8-17-10-13)12-15-7-3-2-6-14(15)9-16/h4-5,8,10,14-15H,2-3,6-7,9,11-12,16H2,1H3. The summed E-state index contributed by atoms with van der Waals surface area (Å²) in [5.41, 5.74) is 7.19. The first kappa shape index (κ1) is 13.5. The van der Waals surface area contributed by atoms with Crippen LogP contribution in [0, 0.1) is 11.8 Å². The lowest BCUT2D eigenvalue weighted by Crippen LogP contribution is -2.35. The average molecular weight is 247 g/mol. The lowest BCUT2D eigenvalue weighted by Gasteiger charge is -2.33. The van der Waals surface area contributed by atoms with Crippen molar-refractivity contribution in [3.8, 4) is 0 Å². The van der Waals surface area contributed by atoms with E-state index < -0.39 is 0 Å². The van der Waals surface area contributed by atoms with Gasteiger partial charge in [-0.05, 0) is 49.9 Å². The molecule has 1 aliphatic rings. The van der Waals surface area contributed by atoms with E-state index in [1.165, 1.54) is 31.2 Å².